The highest BCUT2D eigenvalue weighted by atomic mass is 19.3. The van der Waals surface area contributed by atoms with Crippen LogP contribution in [0.5, 0.6) is 5.75 Å². The Balaban J connectivity index is 1.50. The molecule has 2 atom stereocenters. The van der Waals surface area contributed by atoms with Crippen molar-refractivity contribution in [1.29, 1.82) is 0 Å². The van der Waals surface area contributed by atoms with E-state index in [4.69, 9.17) is 4.74 Å². The van der Waals surface area contributed by atoms with E-state index in [2.05, 4.69) is 21.0 Å². The van der Waals surface area contributed by atoms with Gasteiger partial charge in [-0.15, -0.1) is 0 Å². The molecule has 1 fully saturated rings. The standard InChI is InChI=1S/C27H28F2N4O3/c1-16-11-24(36-2)22(21-7-9-30-25(16)21)15-32-10-8-20(33-14-19(13-31-33)26(28)29)12-23(32)17-3-5-18(6-4-17)27(34)35/h3-7,9,11,13-14,20,23,26,30H,8,10,12,15H2,1-2H3,(H,34,35)/t20-,23?/m0/s1. The van der Waals surface area contributed by atoms with Crippen LogP contribution >= 0.6 is 0 Å². The molecule has 1 aliphatic heterocycles. The number of aromatic nitrogens is 3. The summed E-state index contributed by atoms with van der Waals surface area (Å²) >= 11 is 0. The van der Waals surface area contributed by atoms with Gasteiger partial charge in [-0.1, -0.05) is 12.1 Å². The number of aromatic amines is 1. The molecule has 3 heterocycles. The molecule has 2 aromatic heterocycles. The first-order valence-electron chi connectivity index (χ1n) is 11.9. The Kier molecular flexibility index (Phi) is 6.49. The minimum absolute atomic E-state index is 0.0508. The number of aromatic carboxylic acids is 1. The van der Waals surface area contributed by atoms with Crippen molar-refractivity contribution in [3.05, 3.63) is 82.8 Å². The molecule has 2 aromatic carbocycles. The largest absolute Gasteiger partial charge is 0.496 e. The van der Waals surface area contributed by atoms with Crippen LogP contribution < -0.4 is 4.74 Å². The van der Waals surface area contributed by atoms with Crippen LogP contribution in [0.1, 0.15) is 64.0 Å². The predicted octanol–water partition coefficient (Wildman–Crippen LogP) is 5.90. The third kappa shape index (κ3) is 4.46. The van der Waals surface area contributed by atoms with Gasteiger partial charge in [0, 0.05) is 48.0 Å². The summed E-state index contributed by atoms with van der Waals surface area (Å²) in [6, 6.07) is 10.9. The van der Waals surface area contributed by atoms with Crippen molar-refractivity contribution >= 4 is 16.9 Å². The van der Waals surface area contributed by atoms with Gasteiger partial charge in [-0.05, 0) is 55.2 Å². The molecule has 188 valence electrons. The highest BCUT2D eigenvalue weighted by molar-refractivity contribution is 5.88. The van der Waals surface area contributed by atoms with E-state index in [1.54, 1.807) is 23.9 Å². The molecule has 0 bridgehead atoms. The van der Waals surface area contributed by atoms with Crippen LogP contribution in [-0.2, 0) is 6.54 Å². The lowest BCUT2D eigenvalue weighted by Crippen LogP contribution is -2.37. The summed E-state index contributed by atoms with van der Waals surface area (Å²) in [5, 5.41) is 14.7. The van der Waals surface area contributed by atoms with Crippen molar-refractivity contribution in [3.63, 3.8) is 0 Å². The lowest BCUT2D eigenvalue weighted by Gasteiger charge is -2.40. The summed E-state index contributed by atoms with van der Waals surface area (Å²) in [5.74, 6) is -0.161. The van der Waals surface area contributed by atoms with Gasteiger partial charge in [0.15, 0.2) is 0 Å². The van der Waals surface area contributed by atoms with Gasteiger partial charge < -0.3 is 14.8 Å². The first kappa shape index (κ1) is 24.0. The number of ether oxygens (including phenoxy) is 1. The number of carboxylic acids is 1. The summed E-state index contributed by atoms with van der Waals surface area (Å²) < 4.78 is 33.7. The molecule has 1 saturated heterocycles. The van der Waals surface area contributed by atoms with Crippen molar-refractivity contribution in [2.24, 2.45) is 0 Å². The van der Waals surface area contributed by atoms with E-state index < -0.39 is 12.4 Å². The van der Waals surface area contributed by atoms with Crippen molar-refractivity contribution in [3.8, 4) is 5.75 Å². The number of hydrogen-bond acceptors (Lipinski definition) is 4. The Labute approximate surface area is 207 Å². The van der Waals surface area contributed by atoms with Crippen LogP contribution in [0.3, 0.4) is 0 Å². The topological polar surface area (TPSA) is 83.4 Å². The SMILES string of the molecule is COc1cc(C)c2[nH]ccc2c1CN1CC[C@H](n2cc(C(F)F)cn2)CC1c1ccc(C(=O)O)cc1. The van der Waals surface area contributed by atoms with Gasteiger partial charge in [0.25, 0.3) is 6.43 Å². The molecule has 36 heavy (non-hydrogen) atoms. The molecule has 4 aromatic rings. The fourth-order valence-electron chi connectivity index (χ4n) is 5.27. The number of H-pyrrole nitrogens is 1. The number of piperidine rings is 1. The molecule has 2 N–H and O–H groups in total. The number of benzene rings is 2. The Morgan fingerprint density at radius 2 is 2.06 bits per heavy atom. The smallest absolute Gasteiger partial charge is 0.335 e. The molecule has 0 aliphatic carbocycles. The second kappa shape index (κ2) is 9.73. The van der Waals surface area contributed by atoms with Crippen molar-refractivity contribution in [2.75, 3.05) is 13.7 Å². The fourth-order valence-corrected chi connectivity index (χ4v) is 5.27. The zero-order valence-electron chi connectivity index (χ0n) is 20.1. The van der Waals surface area contributed by atoms with E-state index >= 15 is 0 Å². The molecular weight excluding hydrogens is 466 g/mol. The quantitative estimate of drug-likeness (QED) is 0.334. The molecule has 5 rings (SSSR count). The van der Waals surface area contributed by atoms with Gasteiger partial charge in [0.2, 0.25) is 0 Å². The van der Waals surface area contributed by atoms with Gasteiger partial charge in [-0.3, -0.25) is 9.58 Å². The summed E-state index contributed by atoms with van der Waals surface area (Å²) in [7, 11) is 1.67. The maximum atomic E-state index is 13.2. The number of alkyl halides is 2. The zero-order chi connectivity index (χ0) is 25.4. The second-order valence-electron chi connectivity index (χ2n) is 9.29. The van der Waals surface area contributed by atoms with Gasteiger partial charge in [0.1, 0.15) is 5.75 Å². The normalized spacial score (nSPS) is 18.7. The lowest BCUT2D eigenvalue weighted by molar-refractivity contribution is 0.0696. The zero-order valence-corrected chi connectivity index (χ0v) is 20.1. The monoisotopic (exact) mass is 494 g/mol. The van der Waals surface area contributed by atoms with Gasteiger partial charge in [0.05, 0.1) is 30.5 Å². The molecule has 1 aliphatic rings. The highest BCUT2D eigenvalue weighted by Gasteiger charge is 2.32. The molecule has 9 heteroatoms. The highest BCUT2D eigenvalue weighted by Crippen LogP contribution is 2.40. The van der Waals surface area contributed by atoms with Crippen LogP contribution in [0.4, 0.5) is 8.78 Å². The first-order chi connectivity index (χ1) is 17.4. The number of fused-ring (bicyclic) bond motifs is 1. The summed E-state index contributed by atoms with van der Waals surface area (Å²) in [5.41, 5.74) is 4.36. The van der Waals surface area contributed by atoms with Crippen LogP contribution in [-0.4, -0.2) is 44.4 Å². The number of hydrogen-bond donors (Lipinski definition) is 2. The van der Waals surface area contributed by atoms with Crippen LogP contribution in [0.15, 0.2) is 55.0 Å². The first-order valence-corrected chi connectivity index (χ1v) is 11.9. The molecule has 0 saturated carbocycles. The van der Waals surface area contributed by atoms with Gasteiger partial charge in [-0.25, -0.2) is 13.6 Å². The summed E-state index contributed by atoms with van der Waals surface area (Å²) in [4.78, 5) is 17.0. The van der Waals surface area contributed by atoms with E-state index in [-0.39, 0.29) is 23.2 Å². The summed E-state index contributed by atoms with van der Waals surface area (Å²) in [6.07, 6.45) is 3.43. The fraction of sp³-hybridized carbons (Fsp3) is 0.333. The summed E-state index contributed by atoms with van der Waals surface area (Å²) in [6.45, 7) is 3.38. The van der Waals surface area contributed by atoms with Crippen LogP contribution in [0.2, 0.25) is 0 Å². The average Bonchev–Trinajstić information content (AvgIpc) is 3.57. The predicted molar refractivity (Wildman–Crippen MR) is 132 cm³/mol. The van der Waals surface area contributed by atoms with E-state index in [1.165, 1.54) is 12.4 Å². The second-order valence-corrected chi connectivity index (χ2v) is 9.29. The van der Waals surface area contributed by atoms with Gasteiger partial charge >= 0.3 is 5.97 Å². The number of halogens is 2. The number of aryl methyl sites for hydroxylation is 1. The Hall–Kier alpha value is -3.72. The number of likely N-dealkylation sites (tertiary alicyclic amines) is 1. The lowest BCUT2D eigenvalue weighted by atomic mass is 9.90. The number of methoxy groups -OCH3 is 1. The molecule has 7 nitrogen and oxygen atoms in total. The van der Waals surface area contributed by atoms with Crippen molar-refractivity contribution < 1.29 is 23.4 Å². The van der Waals surface area contributed by atoms with Gasteiger partial charge in [-0.2, -0.15) is 5.10 Å². The molecule has 0 amide bonds. The number of rotatable bonds is 7. The van der Waals surface area contributed by atoms with Crippen LogP contribution in [0.25, 0.3) is 10.9 Å². The van der Waals surface area contributed by atoms with E-state index in [0.717, 1.165) is 39.8 Å². The van der Waals surface area contributed by atoms with Crippen LogP contribution in [0, 0.1) is 6.92 Å². The maximum absolute atomic E-state index is 13.2. The molecule has 0 radical (unpaired) electrons. The number of carbonyl (C=O) groups is 1. The molecular formula is C27H28F2N4O3. The van der Waals surface area contributed by atoms with E-state index in [9.17, 15) is 18.7 Å². The maximum Gasteiger partial charge on any atom is 0.335 e. The molecule has 1 unspecified atom stereocenters. The van der Waals surface area contributed by atoms with E-state index in [1.807, 2.05) is 31.3 Å². The minimum Gasteiger partial charge on any atom is -0.496 e. The Morgan fingerprint density at radius 3 is 2.72 bits per heavy atom. The third-order valence-electron chi connectivity index (χ3n) is 7.17. The number of nitrogens with zero attached hydrogens (tertiary/aromatic N) is 3. The number of nitrogens with one attached hydrogen (secondary N) is 1. The molecule has 0 spiro atoms. The minimum atomic E-state index is -2.56. The number of carboxylic acid groups (broad SMARTS) is 1. The Morgan fingerprint density at radius 1 is 1.28 bits per heavy atom. The Bertz CT molecular complexity index is 1380. The van der Waals surface area contributed by atoms with E-state index in [0.29, 0.717) is 19.5 Å². The van der Waals surface area contributed by atoms with Crippen molar-refractivity contribution in [1.82, 2.24) is 19.7 Å². The average molecular weight is 495 g/mol. The van der Waals surface area contributed by atoms with Crippen molar-refractivity contribution in [2.45, 2.75) is 44.8 Å². The third-order valence-corrected chi connectivity index (χ3v) is 7.17.